The second-order valence-electron chi connectivity index (χ2n) is 7.81. The molecule has 0 spiro atoms. The lowest BCUT2D eigenvalue weighted by atomic mass is 9.98. The number of carboxylic acids is 1. The van der Waals surface area contributed by atoms with Crippen molar-refractivity contribution < 1.29 is 49.0 Å². The normalized spacial score (nSPS) is 28.7. The quantitative estimate of drug-likeness (QED) is 0.368. The Hall–Kier alpha value is -2.22. The summed E-state index contributed by atoms with van der Waals surface area (Å²) in [5.41, 5.74) is 0.511. The van der Waals surface area contributed by atoms with Crippen LogP contribution in [0, 0.1) is 5.82 Å². The predicted molar refractivity (Wildman–Crippen MR) is 115 cm³/mol. The summed E-state index contributed by atoms with van der Waals surface area (Å²) in [4.78, 5) is 11.3. The molecule has 184 valence electrons. The molecule has 2 heterocycles. The highest BCUT2D eigenvalue weighted by Crippen LogP contribution is 2.46. The number of halogens is 3. The third-order valence-corrected chi connectivity index (χ3v) is 6.11. The van der Waals surface area contributed by atoms with Gasteiger partial charge in [0.2, 0.25) is 0 Å². The van der Waals surface area contributed by atoms with Gasteiger partial charge in [-0.2, -0.15) is 5.06 Å². The van der Waals surface area contributed by atoms with Gasteiger partial charge in [0.05, 0.1) is 16.6 Å². The van der Waals surface area contributed by atoms with Gasteiger partial charge in [-0.1, -0.05) is 29.3 Å². The summed E-state index contributed by atoms with van der Waals surface area (Å²) in [6, 6.07) is 7.03. The molecule has 2 aromatic carbocycles. The monoisotopic (exact) mass is 519 g/mol. The molecule has 2 aromatic rings. The van der Waals surface area contributed by atoms with Crippen LogP contribution < -0.4 is 9.47 Å². The number of carbonyl (C=O) groups is 1. The summed E-state index contributed by atoms with van der Waals surface area (Å²) >= 11 is 12.5. The fourth-order valence-corrected chi connectivity index (χ4v) is 4.44. The van der Waals surface area contributed by atoms with Crippen molar-refractivity contribution in [3.8, 4) is 22.6 Å². The molecular weight excluding hydrogens is 500 g/mol. The molecule has 4 rings (SSSR count). The maximum absolute atomic E-state index is 14.3. The zero-order valence-corrected chi connectivity index (χ0v) is 18.7. The molecule has 34 heavy (non-hydrogen) atoms. The SMILES string of the molecule is O=C(O)C1OC(N(O)C[C@H]2COc3cc(F)cc(-c4c(Cl)cccc4Cl)c3O2)C(O)C(O)C1O. The molecule has 5 unspecified atom stereocenters. The van der Waals surface area contributed by atoms with E-state index in [-0.39, 0.29) is 40.3 Å². The van der Waals surface area contributed by atoms with E-state index in [0.29, 0.717) is 10.6 Å². The maximum Gasteiger partial charge on any atom is 0.335 e. The minimum absolute atomic E-state index is 0.0742. The minimum atomic E-state index is -1.91. The van der Waals surface area contributed by atoms with E-state index in [0.717, 1.165) is 12.1 Å². The van der Waals surface area contributed by atoms with E-state index in [2.05, 4.69) is 0 Å². The highest BCUT2D eigenvalue weighted by Gasteiger charge is 2.49. The summed E-state index contributed by atoms with van der Waals surface area (Å²) in [5.74, 6) is -2.04. The average molecular weight is 520 g/mol. The lowest BCUT2D eigenvalue weighted by molar-refractivity contribution is -0.317. The van der Waals surface area contributed by atoms with Gasteiger partial charge in [-0.05, 0) is 18.2 Å². The number of carboxylic acid groups (broad SMARTS) is 1. The number of benzene rings is 2. The Labute approximate surface area is 202 Å². The van der Waals surface area contributed by atoms with Crippen LogP contribution in [0.15, 0.2) is 30.3 Å². The minimum Gasteiger partial charge on any atom is -0.486 e. The number of hydrogen-bond donors (Lipinski definition) is 5. The Morgan fingerprint density at radius 2 is 1.79 bits per heavy atom. The van der Waals surface area contributed by atoms with Crippen LogP contribution in [0.1, 0.15) is 0 Å². The second-order valence-corrected chi connectivity index (χ2v) is 8.62. The van der Waals surface area contributed by atoms with Crippen molar-refractivity contribution in [2.45, 2.75) is 36.7 Å². The number of fused-ring (bicyclic) bond motifs is 1. The van der Waals surface area contributed by atoms with Crippen LogP contribution in [0.3, 0.4) is 0 Å². The van der Waals surface area contributed by atoms with E-state index < -0.39 is 48.5 Å². The molecule has 5 N–H and O–H groups in total. The number of rotatable bonds is 5. The van der Waals surface area contributed by atoms with Crippen molar-refractivity contribution in [3.63, 3.8) is 0 Å². The lowest BCUT2D eigenvalue weighted by Crippen LogP contribution is -2.64. The van der Waals surface area contributed by atoms with E-state index in [9.17, 15) is 34.8 Å². The standard InChI is InChI=1S/C21H20Cl2FNO9/c22-11-2-1-3-12(23)14(11)10-4-8(24)5-13-18(10)33-9(7-32-13)6-25(31)20-17(28)15(26)16(27)19(34-20)21(29)30/h1-5,9,15-17,19-20,26-28,31H,6-7H2,(H,29,30)/t9-,15?,16?,17?,19?,20?/m0/s1. The average Bonchev–Trinajstić information content (AvgIpc) is 2.77. The summed E-state index contributed by atoms with van der Waals surface area (Å²) in [5, 5.41) is 50.5. The molecular formula is C21H20Cl2FNO9. The first-order valence-electron chi connectivity index (χ1n) is 10.0. The van der Waals surface area contributed by atoms with E-state index in [1.807, 2.05) is 0 Å². The van der Waals surface area contributed by atoms with Crippen molar-refractivity contribution >= 4 is 29.2 Å². The predicted octanol–water partition coefficient (Wildman–Crippen LogP) is 1.52. The number of ether oxygens (including phenoxy) is 3. The Bertz CT molecular complexity index is 1070. The van der Waals surface area contributed by atoms with Gasteiger partial charge in [0.1, 0.15) is 36.8 Å². The number of nitrogens with zero attached hydrogens (tertiary/aromatic N) is 1. The number of aliphatic carboxylic acids is 1. The number of aliphatic hydroxyl groups excluding tert-OH is 3. The molecule has 2 aliphatic rings. The fraction of sp³-hybridized carbons (Fsp3) is 0.381. The highest BCUT2D eigenvalue weighted by molar-refractivity contribution is 6.39. The molecule has 0 amide bonds. The van der Waals surface area contributed by atoms with Crippen LogP contribution in [0.5, 0.6) is 11.5 Å². The lowest BCUT2D eigenvalue weighted by Gasteiger charge is -2.42. The molecule has 0 aromatic heterocycles. The van der Waals surface area contributed by atoms with E-state index in [1.54, 1.807) is 18.2 Å². The molecule has 1 fully saturated rings. The van der Waals surface area contributed by atoms with Gasteiger partial charge in [-0.3, -0.25) is 0 Å². The van der Waals surface area contributed by atoms with Gasteiger partial charge in [-0.15, -0.1) is 0 Å². The maximum atomic E-state index is 14.3. The molecule has 0 saturated carbocycles. The van der Waals surface area contributed by atoms with Crippen molar-refractivity contribution in [2.75, 3.05) is 13.2 Å². The van der Waals surface area contributed by atoms with Gasteiger partial charge >= 0.3 is 5.97 Å². The Balaban J connectivity index is 1.57. The van der Waals surface area contributed by atoms with E-state index in [1.165, 1.54) is 0 Å². The first-order chi connectivity index (χ1) is 16.1. The van der Waals surface area contributed by atoms with Gasteiger partial charge in [-0.25, -0.2) is 9.18 Å². The van der Waals surface area contributed by atoms with Gasteiger partial charge in [0.25, 0.3) is 0 Å². The third kappa shape index (κ3) is 4.66. The van der Waals surface area contributed by atoms with Crippen LogP contribution in [0.25, 0.3) is 11.1 Å². The van der Waals surface area contributed by atoms with E-state index >= 15 is 0 Å². The van der Waals surface area contributed by atoms with Crippen molar-refractivity contribution in [2.24, 2.45) is 0 Å². The molecule has 0 aliphatic carbocycles. The van der Waals surface area contributed by atoms with Crippen LogP contribution in [0.4, 0.5) is 4.39 Å². The Morgan fingerprint density at radius 1 is 1.12 bits per heavy atom. The topological polar surface area (TPSA) is 149 Å². The van der Waals surface area contributed by atoms with Crippen molar-refractivity contribution in [1.29, 1.82) is 0 Å². The molecule has 13 heteroatoms. The summed E-state index contributed by atoms with van der Waals surface area (Å²) in [7, 11) is 0. The smallest absolute Gasteiger partial charge is 0.335 e. The Morgan fingerprint density at radius 3 is 2.44 bits per heavy atom. The fourth-order valence-electron chi connectivity index (χ4n) is 3.84. The molecule has 10 nitrogen and oxygen atoms in total. The number of hydroxylamine groups is 2. The highest BCUT2D eigenvalue weighted by atomic mass is 35.5. The van der Waals surface area contributed by atoms with Gasteiger partial charge in [0.15, 0.2) is 23.8 Å². The Kier molecular flexibility index (Phi) is 7.17. The van der Waals surface area contributed by atoms with Crippen LogP contribution in [-0.2, 0) is 9.53 Å². The molecule has 1 saturated heterocycles. The largest absolute Gasteiger partial charge is 0.486 e. The number of aliphatic hydroxyl groups is 3. The van der Waals surface area contributed by atoms with Gasteiger partial charge < -0.3 is 39.8 Å². The summed E-state index contributed by atoms with van der Waals surface area (Å²) in [6.07, 6.45) is -10.1. The van der Waals surface area contributed by atoms with Crippen LogP contribution in [0.2, 0.25) is 10.0 Å². The second kappa shape index (κ2) is 9.80. The van der Waals surface area contributed by atoms with E-state index in [4.69, 9.17) is 37.4 Å². The van der Waals surface area contributed by atoms with Crippen LogP contribution >= 0.6 is 23.2 Å². The van der Waals surface area contributed by atoms with Gasteiger partial charge in [0, 0.05) is 17.2 Å². The molecule has 2 aliphatic heterocycles. The first kappa shape index (κ1) is 24.9. The zero-order chi connectivity index (χ0) is 24.7. The third-order valence-electron chi connectivity index (χ3n) is 5.48. The summed E-state index contributed by atoms with van der Waals surface area (Å²) in [6.45, 7) is -0.539. The van der Waals surface area contributed by atoms with Crippen molar-refractivity contribution in [1.82, 2.24) is 5.06 Å². The first-order valence-corrected chi connectivity index (χ1v) is 10.8. The van der Waals surface area contributed by atoms with Crippen LogP contribution in [-0.4, -0.2) is 86.6 Å². The van der Waals surface area contributed by atoms with Crippen molar-refractivity contribution in [3.05, 3.63) is 46.2 Å². The molecule has 6 atom stereocenters. The summed E-state index contributed by atoms with van der Waals surface area (Å²) < 4.78 is 30.9. The number of hydrogen-bond acceptors (Lipinski definition) is 9. The zero-order valence-electron chi connectivity index (χ0n) is 17.2. The molecule has 0 bridgehead atoms. The molecule has 0 radical (unpaired) electrons.